The zero-order valence-electron chi connectivity index (χ0n) is 11.2. The fourth-order valence-electron chi connectivity index (χ4n) is 1.61. The van der Waals surface area contributed by atoms with E-state index in [0.717, 1.165) is 12.1 Å². The molecule has 1 rings (SSSR count). The highest BCUT2D eigenvalue weighted by atomic mass is 16.6. The molecule has 0 aliphatic heterocycles. The molecule has 0 fully saturated rings. The molecule has 1 amide bonds. The van der Waals surface area contributed by atoms with Crippen LogP contribution in [0.15, 0.2) is 30.9 Å². The highest BCUT2D eigenvalue weighted by Crippen LogP contribution is 2.24. The van der Waals surface area contributed by atoms with Crippen LogP contribution in [0.5, 0.6) is 5.75 Å². The van der Waals surface area contributed by atoms with Crippen LogP contribution in [0, 0.1) is 10.1 Å². The van der Waals surface area contributed by atoms with Gasteiger partial charge in [-0.1, -0.05) is 6.08 Å². The molecule has 0 heterocycles. The molecule has 8 heteroatoms. The third kappa shape index (κ3) is 4.03. The van der Waals surface area contributed by atoms with E-state index in [1.807, 2.05) is 0 Å². The number of carbonyl (C=O) groups excluding carboxylic acids is 1. The lowest BCUT2D eigenvalue weighted by atomic mass is 10.1. The summed E-state index contributed by atoms with van der Waals surface area (Å²) in [6.45, 7) is 3.41. The third-order valence-electron chi connectivity index (χ3n) is 2.65. The molecule has 0 aliphatic carbocycles. The highest BCUT2D eigenvalue weighted by Gasteiger charge is 2.22. The van der Waals surface area contributed by atoms with Gasteiger partial charge in [0.2, 0.25) is 0 Å². The number of aliphatic carboxylic acids is 1. The molecule has 112 valence electrons. The van der Waals surface area contributed by atoms with Crippen molar-refractivity contribution in [2.75, 3.05) is 7.11 Å². The van der Waals surface area contributed by atoms with E-state index in [-0.39, 0.29) is 23.4 Å². The summed E-state index contributed by atoms with van der Waals surface area (Å²) in [6, 6.07) is 2.31. The van der Waals surface area contributed by atoms with Gasteiger partial charge in [0.1, 0.15) is 11.8 Å². The molecule has 8 nitrogen and oxygen atoms in total. The molecule has 0 aromatic heterocycles. The number of rotatable bonds is 7. The average Bonchev–Trinajstić information content (AvgIpc) is 2.45. The first-order valence-corrected chi connectivity index (χ1v) is 5.87. The summed E-state index contributed by atoms with van der Waals surface area (Å²) in [5.74, 6) is -1.91. The minimum Gasteiger partial charge on any atom is -0.496 e. The van der Waals surface area contributed by atoms with Gasteiger partial charge in [0, 0.05) is 6.07 Å². The third-order valence-corrected chi connectivity index (χ3v) is 2.65. The van der Waals surface area contributed by atoms with Crippen LogP contribution >= 0.6 is 0 Å². The molecule has 1 aromatic carbocycles. The number of carbonyl (C=O) groups is 2. The summed E-state index contributed by atoms with van der Waals surface area (Å²) in [5, 5.41) is 21.9. The summed E-state index contributed by atoms with van der Waals surface area (Å²) in [6.07, 6.45) is 1.42. The normalized spacial score (nSPS) is 11.3. The number of hydrogen-bond acceptors (Lipinski definition) is 5. The van der Waals surface area contributed by atoms with Crippen molar-refractivity contribution in [3.8, 4) is 5.75 Å². The zero-order chi connectivity index (χ0) is 16.0. The van der Waals surface area contributed by atoms with Crippen molar-refractivity contribution in [1.82, 2.24) is 5.32 Å². The van der Waals surface area contributed by atoms with Gasteiger partial charge in [-0.3, -0.25) is 14.9 Å². The van der Waals surface area contributed by atoms with E-state index >= 15 is 0 Å². The van der Waals surface area contributed by atoms with Crippen LogP contribution in [0.4, 0.5) is 5.69 Å². The topological polar surface area (TPSA) is 119 Å². The Labute approximate surface area is 120 Å². The quantitative estimate of drug-likeness (QED) is 0.445. The van der Waals surface area contributed by atoms with Crippen LogP contribution < -0.4 is 10.1 Å². The monoisotopic (exact) mass is 294 g/mol. The summed E-state index contributed by atoms with van der Waals surface area (Å²) in [5.41, 5.74) is -0.220. The summed E-state index contributed by atoms with van der Waals surface area (Å²) in [7, 11) is 1.26. The number of hydrogen-bond donors (Lipinski definition) is 2. The molecule has 0 bridgehead atoms. The number of methoxy groups -OCH3 is 1. The van der Waals surface area contributed by atoms with Gasteiger partial charge in [-0.05, 0) is 12.5 Å². The van der Waals surface area contributed by atoms with Crippen LogP contribution in [-0.2, 0) is 4.79 Å². The second-order valence-corrected chi connectivity index (χ2v) is 4.03. The standard InChI is InChI=1S/C13H14N2O6/c1-3-4-10(13(17)18)14-12(16)9-6-5-8(15(19)20)7-11(9)21-2/h3,5-7,10H,1,4H2,2H3,(H,14,16)(H,17,18). The van der Waals surface area contributed by atoms with E-state index in [1.165, 1.54) is 19.3 Å². The molecule has 0 saturated heterocycles. The van der Waals surface area contributed by atoms with E-state index in [1.54, 1.807) is 0 Å². The van der Waals surface area contributed by atoms with E-state index in [0.29, 0.717) is 0 Å². The van der Waals surface area contributed by atoms with Gasteiger partial charge in [-0.15, -0.1) is 6.58 Å². The van der Waals surface area contributed by atoms with Crippen LogP contribution in [0.2, 0.25) is 0 Å². The Balaban J connectivity index is 3.03. The highest BCUT2D eigenvalue weighted by molar-refractivity contribution is 5.99. The first kappa shape index (κ1) is 16.2. The summed E-state index contributed by atoms with van der Waals surface area (Å²) < 4.78 is 4.93. The Bertz CT molecular complexity index is 584. The molecule has 21 heavy (non-hydrogen) atoms. The molecule has 0 aliphatic rings. The average molecular weight is 294 g/mol. The van der Waals surface area contributed by atoms with Gasteiger partial charge in [0.15, 0.2) is 0 Å². The van der Waals surface area contributed by atoms with Crippen molar-refractivity contribution in [2.24, 2.45) is 0 Å². The van der Waals surface area contributed by atoms with Crippen LogP contribution in [0.3, 0.4) is 0 Å². The van der Waals surface area contributed by atoms with Crippen LogP contribution in [-0.4, -0.2) is 35.1 Å². The van der Waals surface area contributed by atoms with Gasteiger partial charge < -0.3 is 15.2 Å². The number of non-ortho nitro benzene ring substituents is 1. The lowest BCUT2D eigenvalue weighted by Crippen LogP contribution is -2.40. The second-order valence-electron chi connectivity index (χ2n) is 4.03. The van der Waals surface area contributed by atoms with Gasteiger partial charge in [0.05, 0.1) is 23.7 Å². The van der Waals surface area contributed by atoms with Gasteiger partial charge in [-0.2, -0.15) is 0 Å². The smallest absolute Gasteiger partial charge is 0.326 e. The van der Waals surface area contributed by atoms with Crippen molar-refractivity contribution < 1.29 is 24.4 Å². The maximum absolute atomic E-state index is 12.0. The number of amides is 1. The van der Waals surface area contributed by atoms with Gasteiger partial charge in [-0.25, -0.2) is 4.79 Å². The largest absolute Gasteiger partial charge is 0.496 e. The number of carboxylic acid groups (broad SMARTS) is 1. The Morgan fingerprint density at radius 2 is 2.24 bits per heavy atom. The van der Waals surface area contributed by atoms with E-state index in [4.69, 9.17) is 9.84 Å². The molecule has 0 spiro atoms. The number of ether oxygens (including phenoxy) is 1. The Hall–Kier alpha value is -2.90. The van der Waals surface area contributed by atoms with Crippen LogP contribution in [0.25, 0.3) is 0 Å². The number of nitrogens with one attached hydrogen (secondary N) is 1. The summed E-state index contributed by atoms with van der Waals surface area (Å²) >= 11 is 0. The minimum atomic E-state index is -1.20. The molecular weight excluding hydrogens is 280 g/mol. The molecule has 1 atom stereocenters. The van der Waals surface area contributed by atoms with E-state index in [9.17, 15) is 19.7 Å². The first-order chi connectivity index (χ1) is 9.90. The molecule has 0 radical (unpaired) electrons. The SMILES string of the molecule is C=CCC(NC(=O)c1ccc([N+](=O)[O-])cc1OC)C(=O)O. The fraction of sp³-hybridized carbons (Fsp3) is 0.231. The maximum atomic E-state index is 12.0. The van der Waals surface area contributed by atoms with Crippen molar-refractivity contribution in [3.05, 3.63) is 46.5 Å². The van der Waals surface area contributed by atoms with Crippen LogP contribution in [0.1, 0.15) is 16.8 Å². The molecule has 2 N–H and O–H groups in total. The number of benzene rings is 1. The molecule has 1 unspecified atom stereocenters. The van der Waals surface area contributed by atoms with Gasteiger partial charge >= 0.3 is 5.97 Å². The first-order valence-electron chi connectivity index (χ1n) is 5.87. The predicted octanol–water partition coefficient (Wildman–Crippen LogP) is 1.36. The molecule has 1 aromatic rings. The minimum absolute atomic E-state index is 0.00978. The molecule has 0 saturated carbocycles. The summed E-state index contributed by atoms with van der Waals surface area (Å²) in [4.78, 5) is 33.0. The number of nitro benzene ring substituents is 1. The number of nitrogens with zero attached hydrogens (tertiary/aromatic N) is 1. The number of nitro groups is 1. The molecular formula is C13H14N2O6. The fourth-order valence-corrected chi connectivity index (χ4v) is 1.61. The van der Waals surface area contributed by atoms with E-state index < -0.39 is 22.8 Å². The Morgan fingerprint density at radius 1 is 1.57 bits per heavy atom. The van der Waals surface area contributed by atoms with Crippen molar-refractivity contribution in [1.29, 1.82) is 0 Å². The predicted molar refractivity (Wildman–Crippen MR) is 73.4 cm³/mol. The lowest BCUT2D eigenvalue weighted by Gasteiger charge is -2.14. The van der Waals surface area contributed by atoms with Crippen molar-refractivity contribution >= 4 is 17.6 Å². The second kappa shape index (κ2) is 7.04. The van der Waals surface area contributed by atoms with Crippen molar-refractivity contribution in [3.63, 3.8) is 0 Å². The Kier molecular flexibility index (Phi) is 5.41. The zero-order valence-corrected chi connectivity index (χ0v) is 11.2. The maximum Gasteiger partial charge on any atom is 0.326 e. The van der Waals surface area contributed by atoms with E-state index in [2.05, 4.69) is 11.9 Å². The van der Waals surface area contributed by atoms with Gasteiger partial charge in [0.25, 0.3) is 11.6 Å². The lowest BCUT2D eigenvalue weighted by molar-refractivity contribution is -0.384. The van der Waals surface area contributed by atoms with Crippen molar-refractivity contribution in [2.45, 2.75) is 12.5 Å². The number of carboxylic acids is 1. The Morgan fingerprint density at radius 3 is 2.71 bits per heavy atom.